The summed E-state index contributed by atoms with van der Waals surface area (Å²) in [6.45, 7) is 4.21. The van der Waals surface area contributed by atoms with Gasteiger partial charge in [0.1, 0.15) is 11.8 Å². The number of halogens is 2. The molecule has 1 aromatic carbocycles. The quantitative estimate of drug-likeness (QED) is 0.388. The molecular weight excluding hydrogens is 509 g/mol. The molecule has 35 heavy (non-hydrogen) atoms. The number of rotatable bonds is 8. The number of benzene rings is 1. The number of thiocarbonyl (C=S) groups is 1. The lowest BCUT2D eigenvalue weighted by Crippen LogP contribution is -2.32. The van der Waals surface area contributed by atoms with E-state index in [1.54, 1.807) is 31.3 Å². The molecule has 11 heteroatoms. The van der Waals surface area contributed by atoms with Crippen LogP contribution in [0.2, 0.25) is 10.0 Å². The van der Waals surface area contributed by atoms with Gasteiger partial charge in [0.25, 0.3) is 11.8 Å². The van der Waals surface area contributed by atoms with Crippen molar-refractivity contribution in [3.8, 4) is 11.7 Å². The van der Waals surface area contributed by atoms with Crippen molar-refractivity contribution in [2.45, 2.75) is 39.2 Å². The Kier molecular flexibility index (Phi) is 7.69. The average Bonchev–Trinajstić information content (AvgIpc) is 3.22. The van der Waals surface area contributed by atoms with E-state index in [9.17, 15) is 9.59 Å². The smallest absolute Gasteiger partial charge is 0.274 e. The lowest BCUT2D eigenvalue weighted by Gasteiger charge is -2.26. The largest absolute Gasteiger partial charge is 0.473 e. The first-order valence-corrected chi connectivity index (χ1v) is 12.2. The SMILES string of the molecule is CCCNC(=O)c1cc(Cl)cc(C)c1NC(=O)c1cc(OC2CC(=S)C2)nn1-c1ncccc1Cl. The minimum absolute atomic E-state index is 0.0895. The summed E-state index contributed by atoms with van der Waals surface area (Å²) in [5, 5.41) is 10.8. The van der Waals surface area contributed by atoms with Crippen molar-refractivity contribution in [3.63, 3.8) is 0 Å². The molecule has 8 nitrogen and oxygen atoms in total. The predicted octanol–water partition coefficient (Wildman–Crippen LogP) is 5.19. The Bertz CT molecular complexity index is 1300. The third-order valence-corrected chi connectivity index (χ3v) is 6.22. The number of pyridine rings is 1. The Morgan fingerprint density at radius 1 is 1.23 bits per heavy atom. The molecule has 3 aromatic rings. The summed E-state index contributed by atoms with van der Waals surface area (Å²) in [5.74, 6) is -0.336. The minimum Gasteiger partial charge on any atom is -0.473 e. The first-order valence-electron chi connectivity index (χ1n) is 11.1. The van der Waals surface area contributed by atoms with Crippen molar-refractivity contribution >= 4 is 57.8 Å². The van der Waals surface area contributed by atoms with Crippen molar-refractivity contribution in [1.29, 1.82) is 0 Å². The maximum absolute atomic E-state index is 13.5. The Labute approximate surface area is 218 Å². The van der Waals surface area contributed by atoms with Gasteiger partial charge in [-0.25, -0.2) is 9.67 Å². The average molecular weight is 532 g/mol. The normalized spacial score (nSPS) is 13.3. The number of carbonyl (C=O) groups is 2. The van der Waals surface area contributed by atoms with Gasteiger partial charge in [-0.3, -0.25) is 9.59 Å². The highest BCUT2D eigenvalue weighted by atomic mass is 35.5. The first-order chi connectivity index (χ1) is 16.8. The fourth-order valence-corrected chi connectivity index (χ4v) is 4.42. The third-order valence-electron chi connectivity index (χ3n) is 5.38. The monoisotopic (exact) mass is 531 g/mol. The van der Waals surface area contributed by atoms with Crippen LogP contribution < -0.4 is 15.4 Å². The molecule has 0 atom stereocenters. The van der Waals surface area contributed by atoms with Gasteiger partial charge in [-0.1, -0.05) is 42.3 Å². The number of hydrogen-bond acceptors (Lipinski definition) is 6. The summed E-state index contributed by atoms with van der Waals surface area (Å²) in [6, 6.07) is 8.05. The number of aryl methyl sites for hydroxylation is 1. The molecule has 1 saturated carbocycles. The molecule has 0 spiro atoms. The maximum atomic E-state index is 13.5. The maximum Gasteiger partial charge on any atom is 0.274 e. The zero-order chi connectivity index (χ0) is 25.1. The summed E-state index contributed by atoms with van der Waals surface area (Å²) in [7, 11) is 0. The van der Waals surface area contributed by atoms with E-state index in [2.05, 4.69) is 20.7 Å². The van der Waals surface area contributed by atoms with E-state index in [4.69, 9.17) is 40.2 Å². The minimum atomic E-state index is -0.520. The number of nitrogens with one attached hydrogen (secondary N) is 2. The molecule has 2 N–H and O–H groups in total. The molecule has 0 aliphatic heterocycles. The number of carbonyl (C=O) groups excluding carboxylic acids is 2. The molecule has 0 bridgehead atoms. The third kappa shape index (κ3) is 5.63. The summed E-state index contributed by atoms with van der Waals surface area (Å²) in [4.78, 5) is 31.5. The molecule has 2 amide bonds. The fourth-order valence-electron chi connectivity index (χ4n) is 3.58. The number of hydrogen-bond donors (Lipinski definition) is 2. The van der Waals surface area contributed by atoms with Crippen LogP contribution in [0.1, 0.15) is 52.6 Å². The molecule has 0 saturated heterocycles. The van der Waals surface area contributed by atoms with Crippen LogP contribution >= 0.6 is 35.4 Å². The zero-order valence-electron chi connectivity index (χ0n) is 19.1. The molecule has 1 aliphatic rings. The highest BCUT2D eigenvalue weighted by Gasteiger charge is 2.28. The van der Waals surface area contributed by atoms with Gasteiger partial charge in [-0.2, -0.15) is 0 Å². The second kappa shape index (κ2) is 10.7. The van der Waals surface area contributed by atoms with Gasteiger partial charge in [0.15, 0.2) is 5.82 Å². The number of anilines is 1. The van der Waals surface area contributed by atoms with Gasteiger partial charge in [-0.15, -0.1) is 5.10 Å². The van der Waals surface area contributed by atoms with Gasteiger partial charge < -0.3 is 15.4 Å². The van der Waals surface area contributed by atoms with Crippen LogP contribution in [-0.2, 0) is 0 Å². The van der Waals surface area contributed by atoms with Crippen LogP contribution in [0.4, 0.5) is 5.69 Å². The molecule has 2 heterocycles. The van der Waals surface area contributed by atoms with Gasteiger partial charge >= 0.3 is 0 Å². The van der Waals surface area contributed by atoms with Gasteiger partial charge in [0, 0.05) is 41.5 Å². The molecule has 1 aliphatic carbocycles. The number of amides is 2. The van der Waals surface area contributed by atoms with E-state index in [-0.39, 0.29) is 35.0 Å². The Morgan fingerprint density at radius 2 is 2.00 bits per heavy atom. The van der Waals surface area contributed by atoms with Crippen LogP contribution in [0.15, 0.2) is 36.5 Å². The lowest BCUT2D eigenvalue weighted by molar-refractivity contribution is 0.0954. The van der Waals surface area contributed by atoms with Crippen LogP contribution in [0.3, 0.4) is 0 Å². The molecule has 2 aromatic heterocycles. The number of aromatic nitrogens is 3. The van der Waals surface area contributed by atoms with Crippen molar-refractivity contribution in [1.82, 2.24) is 20.1 Å². The fraction of sp³-hybridized carbons (Fsp3) is 0.292. The van der Waals surface area contributed by atoms with Crippen LogP contribution in [0.5, 0.6) is 5.88 Å². The summed E-state index contributed by atoms with van der Waals surface area (Å²) < 4.78 is 7.22. The van der Waals surface area contributed by atoms with Crippen LogP contribution in [0.25, 0.3) is 5.82 Å². The van der Waals surface area contributed by atoms with Crippen molar-refractivity contribution in [3.05, 3.63) is 63.4 Å². The molecular formula is C24H23Cl2N5O3S. The standard InChI is InChI=1S/C24H23Cl2N5O3S/c1-3-6-28-23(32)17-9-14(25)8-13(2)21(17)29-24(33)19-12-20(34-15-10-16(35)11-15)30-31(19)22-18(26)5-4-7-27-22/h4-5,7-9,12,15H,3,6,10-11H2,1-2H3,(H,28,32)(H,29,33). The Balaban J connectivity index is 1.70. The van der Waals surface area contributed by atoms with Gasteiger partial charge in [0.05, 0.1) is 16.3 Å². The van der Waals surface area contributed by atoms with E-state index < -0.39 is 5.91 Å². The second-order valence-corrected chi connectivity index (χ2v) is 9.55. The molecule has 182 valence electrons. The van der Waals surface area contributed by atoms with Crippen molar-refractivity contribution in [2.75, 3.05) is 11.9 Å². The first kappa shape index (κ1) is 25.1. The van der Waals surface area contributed by atoms with Crippen LogP contribution in [-0.4, -0.2) is 44.1 Å². The highest BCUT2D eigenvalue weighted by Crippen LogP contribution is 2.29. The Hall–Kier alpha value is -3.01. The number of ether oxygens (including phenoxy) is 1. The lowest BCUT2D eigenvalue weighted by atomic mass is 9.96. The summed E-state index contributed by atoms with van der Waals surface area (Å²) in [5.41, 5.74) is 1.38. The predicted molar refractivity (Wildman–Crippen MR) is 139 cm³/mol. The zero-order valence-corrected chi connectivity index (χ0v) is 21.4. The second-order valence-electron chi connectivity index (χ2n) is 8.13. The molecule has 1 fully saturated rings. The topological polar surface area (TPSA) is 98.1 Å². The summed E-state index contributed by atoms with van der Waals surface area (Å²) in [6.07, 6.45) is 3.55. The van der Waals surface area contributed by atoms with E-state index in [0.717, 1.165) is 11.3 Å². The van der Waals surface area contributed by atoms with E-state index in [0.29, 0.717) is 40.7 Å². The van der Waals surface area contributed by atoms with Crippen molar-refractivity contribution < 1.29 is 14.3 Å². The Morgan fingerprint density at radius 3 is 2.69 bits per heavy atom. The van der Waals surface area contributed by atoms with Gasteiger partial charge in [-0.05, 0) is 43.2 Å². The van der Waals surface area contributed by atoms with Crippen molar-refractivity contribution in [2.24, 2.45) is 0 Å². The van der Waals surface area contributed by atoms with E-state index in [1.807, 2.05) is 6.92 Å². The molecule has 0 unspecified atom stereocenters. The van der Waals surface area contributed by atoms with E-state index >= 15 is 0 Å². The summed E-state index contributed by atoms with van der Waals surface area (Å²) >= 11 is 17.7. The van der Waals surface area contributed by atoms with E-state index in [1.165, 1.54) is 16.8 Å². The molecule has 4 rings (SSSR count). The highest BCUT2D eigenvalue weighted by molar-refractivity contribution is 7.80. The molecule has 0 radical (unpaired) electrons. The van der Waals surface area contributed by atoms with Crippen LogP contribution in [0, 0.1) is 6.92 Å². The van der Waals surface area contributed by atoms with Gasteiger partial charge in [0.2, 0.25) is 5.88 Å². The number of nitrogens with zero attached hydrogens (tertiary/aromatic N) is 3.